The number of hydrogen-bond donors (Lipinski definition) is 0. The molecule has 15 heavy (non-hydrogen) atoms. The SMILES string of the molecule is C=C(C)C(=O)OC1(C)CCCCCC1C. The van der Waals surface area contributed by atoms with Gasteiger partial charge in [0.2, 0.25) is 0 Å². The summed E-state index contributed by atoms with van der Waals surface area (Å²) in [6.45, 7) is 9.56. The molecule has 86 valence electrons. The number of ether oxygens (including phenoxy) is 1. The van der Waals surface area contributed by atoms with E-state index in [-0.39, 0.29) is 11.6 Å². The van der Waals surface area contributed by atoms with Crippen LogP contribution in [0.5, 0.6) is 0 Å². The van der Waals surface area contributed by atoms with Gasteiger partial charge in [0.25, 0.3) is 0 Å². The van der Waals surface area contributed by atoms with Crippen LogP contribution in [0.1, 0.15) is 52.9 Å². The summed E-state index contributed by atoms with van der Waals surface area (Å²) >= 11 is 0. The molecule has 0 heterocycles. The first-order valence-electron chi connectivity index (χ1n) is 5.84. The van der Waals surface area contributed by atoms with Gasteiger partial charge in [0.05, 0.1) is 0 Å². The van der Waals surface area contributed by atoms with Crippen molar-refractivity contribution < 1.29 is 9.53 Å². The van der Waals surface area contributed by atoms with Gasteiger partial charge in [0.1, 0.15) is 5.60 Å². The van der Waals surface area contributed by atoms with Crippen molar-refractivity contribution in [2.45, 2.75) is 58.5 Å². The van der Waals surface area contributed by atoms with Gasteiger partial charge in [-0.3, -0.25) is 0 Å². The Hall–Kier alpha value is -0.790. The molecule has 2 nitrogen and oxygen atoms in total. The van der Waals surface area contributed by atoms with Gasteiger partial charge >= 0.3 is 5.97 Å². The molecule has 0 amide bonds. The van der Waals surface area contributed by atoms with Crippen LogP contribution < -0.4 is 0 Å². The molecule has 0 aromatic heterocycles. The van der Waals surface area contributed by atoms with Gasteiger partial charge in [-0.1, -0.05) is 26.3 Å². The lowest BCUT2D eigenvalue weighted by molar-refractivity contribution is -0.159. The fourth-order valence-electron chi connectivity index (χ4n) is 2.11. The third-order valence-electron chi connectivity index (χ3n) is 3.53. The van der Waals surface area contributed by atoms with Gasteiger partial charge in [0, 0.05) is 5.57 Å². The number of esters is 1. The van der Waals surface area contributed by atoms with Crippen molar-refractivity contribution in [1.29, 1.82) is 0 Å². The minimum absolute atomic E-state index is 0.244. The molecule has 0 N–H and O–H groups in total. The van der Waals surface area contributed by atoms with E-state index in [1.54, 1.807) is 6.92 Å². The van der Waals surface area contributed by atoms with Crippen LogP contribution in [0.2, 0.25) is 0 Å². The lowest BCUT2D eigenvalue weighted by atomic mass is 9.86. The average Bonchev–Trinajstić information content (AvgIpc) is 2.30. The molecule has 2 heteroatoms. The Morgan fingerprint density at radius 2 is 2.07 bits per heavy atom. The minimum Gasteiger partial charge on any atom is -0.456 e. The van der Waals surface area contributed by atoms with Crippen molar-refractivity contribution in [1.82, 2.24) is 0 Å². The second kappa shape index (κ2) is 4.82. The van der Waals surface area contributed by atoms with E-state index in [1.807, 2.05) is 0 Å². The van der Waals surface area contributed by atoms with E-state index in [4.69, 9.17) is 4.74 Å². The van der Waals surface area contributed by atoms with Crippen molar-refractivity contribution in [3.63, 3.8) is 0 Å². The summed E-state index contributed by atoms with van der Waals surface area (Å²) < 4.78 is 5.59. The Balaban J connectivity index is 2.69. The zero-order valence-corrected chi connectivity index (χ0v) is 10.1. The molecular formula is C13H22O2. The van der Waals surface area contributed by atoms with Crippen molar-refractivity contribution in [3.05, 3.63) is 12.2 Å². The lowest BCUT2D eigenvalue weighted by Crippen LogP contribution is -2.37. The zero-order chi connectivity index (χ0) is 11.5. The molecule has 1 saturated carbocycles. The smallest absolute Gasteiger partial charge is 0.333 e. The van der Waals surface area contributed by atoms with Crippen molar-refractivity contribution in [2.75, 3.05) is 0 Å². The van der Waals surface area contributed by atoms with E-state index in [0.717, 1.165) is 19.3 Å². The molecule has 0 aliphatic heterocycles. The van der Waals surface area contributed by atoms with E-state index >= 15 is 0 Å². The fourth-order valence-corrected chi connectivity index (χ4v) is 2.11. The number of hydrogen-bond acceptors (Lipinski definition) is 2. The van der Waals surface area contributed by atoms with E-state index in [2.05, 4.69) is 20.4 Å². The maximum Gasteiger partial charge on any atom is 0.333 e. The molecule has 1 fully saturated rings. The fraction of sp³-hybridized carbons (Fsp3) is 0.769. The second-order valence-corrected chi connectivity index (χ2v) is 4.98. The third kappa shape index (κ3) is 3.08. The molecule has 1 rings (SSSR count). The first-order chi connectivity index (χ1) is 6.96. The monoisotopic (exact) mass is 210 g/mol. The number of rotatable bonds is 2. The lowest BCUT2D eigenvalue weighted by Gasteiger charge is -2.34. The van der Waals surface area contributed by atoms with Gasteiger partial charge in [-0.2, -0.15) is 0 Å². The predicted octanol–water partition coefficient (Wildman–Crippen LogP) is 3.46. The zero-order valence-electron chi connectivity index (χ0n) is 10.1. The van der Waals surface area contributed by atoms with Gasteiger partial charge in [0.15, 0.2) is 0 Å². The summed E-state index contributed by atoms with van der Waals surface area (Å²) in [6, 6.07) is 0. The van der Waals surface area contributed by atoms with Gasteiger partial charge < -0.3 is 4.74 Å². The van der Waals surface area contributed by atoms with Crippen molar-refractivity contribution >= 4 is 5.97 Å². The van der Waals surface area contributed by atoms with Crippen LogP contribution in [0.25, 0.3) is 0 Å². The topological polar surface area (TPSA) is 26.3 Å². The molecule has 2 unspecified atom stereocenters. The standard InChI is InChI=1S/C13H22O2/c1-10(2)12(14)15-13(4)9-7-5-6-8-11(13)3/h11H,1,5-9H2,2-4H3. The van der Waals surface area contributed by atoms with Gasteiger partial charge in [-0.05, 0) is 39.0 Å². The Morgan fingerprint density at radius 1 is 1.40 bits per heavy atom. The molecule has 2 atom stereocenters. The molecule has 0 aromatic carbocycles. The minimum atomic E-state index is -0.285. The van der Waals surface area contributed by atoms with Crippen LogP contribution in [0.4, 0.5) is 0 Å². The van der Waals surface area contributed by atoms with Crippen molar-refractivity contribution in [3.8, 4) is 0 Å². The summed E-state index contributed by atoms with van der Waals surface area (Å²) in [4.78, 5) is 11.6. The van der Waals surface area contributed by atoms with E-state index in [0.29, 0.717) is 11.5 Å². The Morgan fingerprint density at radius 3 is 2.67 bits per heavy atom. The van der Waals surface area contributed by atoms with Crippen LogP contribution in [0.15, 0.2) is 12.2 Å². The molecule has 0 saturated heterocycles. The number of carbonyl (C=O) groups is 1. The Kier molecular flexibility index (Phi) is 3.95. The highest BCUT2D eigenvalue weighted by atomic mass is 16.6. The molecule has 1 aliphatic rings. The second-order valence-electron chi connectivity index (χ2n) is 4.98. The normalized spacial score (nSPS) is 31.8. The molecule has 1 aliphatic carbocycles. The van der Waals surface area contributed by atoms with Crippen LogP contribution in [-0.4, -0.2) is 11.6 Å². The highest BCUT2D eigenvalue weighted by Crippen LogP contribution is 2.35. The Labute approximate surface area is 92.7 Å². The van der Waals surface area contributed by atoms with E-state index < -0.39 is 0 Å². The van der Waals surface area contributed by atoms with Crippen LogP contribution in [0.3, 0.4) is 0 Å². The summed E-state index contributed by atoms with van der Waals surface area (Å²) in [5, 5.41) is 0. The Bertz CT molecular complexity index is 257. The maximum atomic E-state index is 11.6. The highest BCUT2D eigenvalue weighted by Gasteiger charge is 2.35. The maximum absolute atomic E-state index is 11.6. The molecule has 0 bridgehead atoms. The van der Waals surface area contributed by atoms with E-state index in [1.165, 1.54) is 12.8 Å². The summed E-state index contributed by atoms with van der Waals surface area (Å²) in [7, 11) is 0. The molecule has 0 spiro atoms. The molecule has 0 radical (unpaired) electrons. The van der Waals surface area contributed by atoms with Crippen molar-refractivity contribution in [2.24, 2.45) is 5.92 Å². The summed E-state index contributed by atoms with van der Waals surface area (Å²) in [5.74, 6) is 0.203. The van der Waals surface area contributed by atoms with Crippen LogP contribution >= 0.6 is 0 Å². The van der Waals surface area contributed by atoms with Gasteiger partial charge in [-0.15, -0.1) is 0 Å². The molecule has 0 aromatic rings. The third-order valence-corrected chi connectivity index (χ3v) is 3.53. The first-order valence-corrected chi connectivity index (χ1v) is 5.84. The largest absolute Gasteiger partial charge is 0.456 e. The quantitative estimate of drug-likeness (QED) is 0.396. The summed E-state index contributed by atoms with van der Waals surface area (Å²) in [6.07, 6.45) is 5.80. The van der Waals surface area contributed by atoms with Crippen LogP contribution in [-0.2, 0) is 9.53 Å². The van der Waals surface area contributed by atoms with Gasteiger partial charge in [-0.25, -0.2) is 4.79 Å². The van der Waals surface area contributed by atoms with Crippen LogP contribution in [0, 0.1) is 5.92 Å². The molecular weight excluding hydrogens is 188 g/mol. The summed E-state index contributed by atoms with van der Waals surface area (Å²) in [5.41, 5.74) is 0.208. The highest BCUT2D eigenvalue weighted by molar-refractivity contribution is 5.87. The average molecular weight is 210 g/mol. The number of carbonyl (C=O) groups excluding carboxylic acids is 1. The predicted molar refractivity (Wildman–Crippen MR) is 61.6 cm³/mol. The first kappa shape index (κ1) is 12.3. The van der Waals surface area contributed by atoms with E-state index in [9.17, 15) is 4.79 Å².